The maximum Gasteiger partial charge on any atom is 0.414 e. The third kappa shape index (κ3) is 3.47. The first-order valence-electron chi connectivity index (χ1n) is 10.1. The molecule has 3 rings (SSSR count). The van der Waals surface area contributed by atoms with E-state index in [2.05, 4.69) is 24.1 Å². The average Bonchev–Trinajstić information content (AvgIpc) is 2.78. The molecule has 1 aliphatic heterocycles. The highest BCUT2D eigenvalue weighted by Crippen LogP contribution is 2.57. The van der Waals surface area contributed by atoms with E-state index in [0.29, 0.717) is 6.61 Å². The topological polar surface area (TPSA) is 84.4 Å². The summed E-state index contributed by atoms with van der Waals surface area (Å²) < 4.78 is 5.27. The lowest BCUT2D eigenvalue weighted by Crippen LogP contribution is -2.56. The van der Waals surface area contributed by atoms with Crippen LogP contribution in [0.1, 0.15) is 79.3 Å². The highest BCUT2D eigenvalue weighted by Gasteiger charge is 2.59. The van der Waals surface area contributed by atoms with Gasteiger partial charge in [0.15, 0.2) is 0 Å². The monoisotopic (exact) mass is 388 g/mol. The van der Waals surface area contributed by atoms with Crippen LogP contribution in [0, 0.1) is 5.41 Å². The first-order valence-corrected chi connectivity index (χ1v) is 10.1. The number of nitrogens with zero attached hydrogens (tertiary/aromatic N) is 3. The predicted octanol–water partition coefficient (Wildman–Crippen LogP) is 4.42. The smallest absolute Gasteiger partial charge is 0.414 e. The van der Waals surface area contributed by atoms with Gasteiger partial charge in [0.1, 0.15) is 0 Å². The van der Waals surface area contributed by atoms with Gasteiger partial charge in [-0.2, -0.15) is 0 Å². The fraction of sp³-hybridized carbons (Fsp3) is 0.714. The molecule has 7 nitrogen and oxygen atoms in total. The molecule has 1 aromatic rings. The van der Waals surface area contributed by atoms with E-state index in [1.54, 1.807) is 13.1 Å². The summed E-state index contributed by atoms with van der Waals surface area (Å²) in [5.41, 5.74) is 0.901. The minimum Gasteiger partial charge on any atom is -0.449 e. The Bertz CT molecular complexity index is 776. The molecule has 1 N–H and O–H groups in total. The van der Waals surface area contributed by atoms with Gasteiger partial charge in [0.25, 0.3) is 0 Å². The predicted molar refractivity (Wildman–Crippen MR) is 108 cm³/mol. The molecule has 2 amide bonds. The van der Waals surface area contributed by atoms with E-state index in [1.807, 2.05) is 25.7 Å². The molecule has 154 valence electrons. The minimum atomic E-state index is -0.562. The summed E-state index contributed by atoms with van der Waals surface area (Å²) in [6, 6.07) is 0. The van der Waals surface area contributed by atoms with Gasteiger partial charge in [0, 0.05) is 12.3 Å². The van der Waals surface area contributed by atoms with Gasteiger partial charge in [0.2, 0.25) is 11.9 Å². The van der Waals surface area contributed by atoms with E-state index < -0.39 is 6.09 Å². The summed E-state index contributed by atoms with van der Waals surface area (Å²) in [6.45, 7) is 12.1. The van der Waals surface area contributed by atoms with Crippen LogP contribution in [0.2, 0.25) is 0 Å². The van der Waals surface area contributed by atoms with E-state index in [4.69, 9.17) is 9.72 Å². The van der Waals surface area contributed by atoms with Gasteiger partial charge < -0.3 is 9.64 Å². The van der Waals surface area contributed by atoms with Crippen LogP contribution in [-0.2, 0) is 14.9 Å². The van der Waals surface area contributed by atoms with Crippen LogP contribution in [0.15, 0.2) is 6.20 Å². The van der Waals surface area contributed by atoms with E-state index in [9.17, 15) is 9.59 Å². The van der Waals surface area contributed by atoms with Gasteiger partial charge in [-0.25, -0.2) is 14.8 Å². The van der Waals surface area contributed by atoms with Crippen molar-refractivity contribution in [2.45, 2.75) is 84.6 Å². The number of carbonyl (C=O) groups excluding carboxylic acids is 2. The molecule has 0 aromatic carbocycles. The molecule has 1 fully saturated rings. The third-order valence-corrected chi connectivity index (χ3v) is 6.07. The van der Waals surface area contributed by atoms with Gasteiger partial charge in [-0.05, 0) is 32.1 Å². The number of fused-ring (bicyclic) bond motifs is 2. The van der Waals surface area contributed by atoms with Gasteiger partial charge in [-0.3, -0.25) is 10.1 Å². The largest absolute Gasteiger partial charge is 0.449 e. The molecule has 0 radical (unpaired) electrons. The molecule has 28 heavy (non-hydrogen) atoms. The minimum absolute atomic E-state index is 0.0115. The molecule has 0 bridgehead atoms. The lowest BCUT2D eigenvalue weighted by molar-refractivity contribution is -0.118. The Balaban J connectivity index is 1.94. The summed E-state index contributed by atoms with van der Waals surface area (Å²) in [4.78, 5) is 35.5. The van der Waals surface area contributed by atoms with Crippen LogP contribution >= 0.6 is 0 Å². The van der Waals surface area contributed by atoms with Crippen molar-refractivity contribution in [2.24, 2.45) is 5.41 Å². The van der Waals surface area contributed by atoms with Crippen molar-refractivity contribution in [3.63, 3.8) is 0 Å². The van der Waals surface area contributed by atoms with Crippen molar-refractivity contribution in [2.75, 3.05) is 16.8 Å². The number of aromatic nitrogens is 2. The summed E-state index contributed by atoms with van der Waals surface area (Å²) in [7, 11) is 0. The fourth-order valence-corrected chi connectivity index (χ4v) is 4.73. The van der Waals surface area contributed by atoms with Crippen LogP contribution in [0.5, 0.6) is 0 Å². The van der Waals surface area contributed by atoms with Crippen LogP contribution in [0.25, 0.3) is 0 Å². The number of anilines is 2. The maximum atomic E-state index is 12.5. The van der Waals surface area contributed by atoms with Gasteiger partial charge >= 0.3 is 6.09 Å². The van der Waals surface area contributed by atoms with Crippen LogP contribution in [0.3, 0.4) is 0 Å². The summed E-state index contributed by atoms with van der Waals surface area (Å²) >= 11 is 0. The van der Waals surface area contributed by atoms with Crippen molar-refractivity contribution < 1.29 is 14.3 Å². The molecule has 7 heteroatoms. The van der Waals surface area contributed by atoms with Gasteiger partial charge in [-0.1, -0.05) is 40.0 Å². The number of carbonyl (C=O) groups is 2. The van der Waals surface area contributed by atoms with Crippen molar-refractivity contribution in [1.29, 1.82) is 0 Å². The van der Waals surface area contributed by atoms with Crippen molar-refractivity contribution in [3.8, 4) is 0 Å². The first-order chi connectivity index (χ1) is 13.0. The lowest BCUT2D eigenvalue weighted by Gasteiger charge is -2.47. The Kier molecular flexibility index (Phi) is 5.15. The Hall–Kier alpha value is -2.18. The highest BCUT2D eigenvalue weighted by molar-refractivity contribution is 5.96. The lowest BCUT2D eigenvalue weighted by atomic mass is 9.62. The average molecular weight is 389 g/mol. The molecular weight excluding hydrogens is 356 g/mol. The molecule has 2 heterocycles. The number of hydrogen-bond acceptors (Lipinski definition) is 5. The molecule has 2 aliphatic rings. The van der Waals surface area contributed by atoms with E-state index in [-0.39, 0.29) is 28.2 Å². The molecule has 1 aromatic heterocycles. The SMILES string of the molecule is CC(=O)N1c2cnc(NC(=O)OCC(C)(C)C)nc2C2(CCCCC2)C1(C)C. The molecule has 0 unspecified atom stereocenters. The molecular formula is C21H32N4O3. The Morgan fingerprint density at radius 1 is 1.21 bits per heavy atom. The zero-order valence-electron chi connectivity index (χ0n) is 17.9. The van der Waals surface area contributed by atoms with Crippen LogP contribution in [0.4, 0.5) is 16.4 Å². The summed E-state index contributed by atoms with van der Waals surface area (Å²) in [5, 5.41) is 2.65. The number of hydrogen-bond donors (Lipinski definition) is 1. The number of rotatable bonds is 2. The van der Waals surface area contributed by atoms with Crippen LogP contribution < -0.4 is 10.2 Å². The van der Waals surface area contributed by atoms with Gasteiger partial charge in [0.05, 0.1) is 29.7 Å². The Labute approximate surface area is 167 Å². The normalized spacial score (nSPS) is 20.0. The molecule has 1 aliphatic carbocycles. The second kappa shape index (κ2) is 7.01. The number of amides is 2. The van der Waals surface area contributed by atoms with Crippen molar-refractivity contribution >= 4 is 23.6 Å². The maximum absolute atomic E-state index is 12.5. The summed E-state index contributed by atoms with van der Waals surface area (Å²) in [6.07, 6.45) is 6.46. The zero-order chi connectivity index (χ0) is 20.7. The fourth-order valence-electron chi connectivity index (χ4n) is 4.73. The molecule has 0 saturated heterocycles. The Morgan fingerprint density at radius 2 is 1.86 bits per heavy atom. The first kappa shape index (κ1) is 20.6. The molecule has 1 spiro atoms. The zero-order valence-corrected chi connectivity index (χ0v) is 17.9. The van der Waals surface area contributed by atoms with Crippen molar-refractivity contribution in [1.82, 2.24) is 9.97 Å². The van der Waals surface area contributed by atoms with E-state index in [1.165, 1.54) is 6.42 Å². The van der Waals surface area contributed by atoms with E-state index >= 15 is 0 Å². The number of ether oxygens (including phenoxy) is 1. The van der Waals surface area contributed by atoms with E-state index in [0.717, 1.165) is 37.1 Å². The summed E-state index contributed by atoms with van der Waals surface area (Å²) in [5.74, 6) is 0.214. The third-order valence-electron chi connectivity index (χ3n) is 6.07. The van der Waals surface area contributed by atoms with Crippen molar-refractivity contribution in [3.05, 3.63) is 11.9 Å². The molecule has 1 saturated carbocycles. The standard InChI is InChI=1S/C21H32N4O3/c1-14(26)25-15-12-22-17(24-18(27)28-13-19(2,3)4)23-16(15)21(20(25,5)6)10-8-7-9-11-21/h12H,7-11,13H2,1-6H3,(H,22,23,24,27). The quantitative estimate of drug-likeness (QED) is 0.811. The molecule has 0 atom stereocenters. The number of nitrogens with one attached hydrogen (secondary N) is 1. The second-order valence-electron chi connectivity index (χ2n) is 9.75. The second-order valence-corrected chi connectivity index (χ2v) is 9.75. The Morgan fingerprint density at radius 3 is 2.43 bits per heavy atom. The van der Waals surface area contributed by atoms with Crippen LogP contribution in [-0.4, -0.2) is 34.1 Å². The highest BCUT2D eigenvalue weighted by atomic mass is 16.5. The van der Waals surface area contributed by atoms with Gasteiger partial charge in [-0.15, -0.1) is 0 Å².